The zero-order valence-corrected chi connectivity index (χ0v) is 12.8. The van der Waals surface area contributed by atoms with Crippen molar-refractivity contribution < 1.29 is 19.5 Å². The van der Waals surface area contributed by atoms with Gasteiger partial charge in [-0.05, 0) is 42.5 Å². The van der Waals surface area contributed by atoms with Gasteiger partial charge in [-0.15, -0.1) is 0 Å². The normalized spacial score (nSPS) is 14.2. The number of anilines is 2. The molecule has 3 N–H and O–H groups in total. The maximum atomic E-state index is 12.6. The molecule has 1 aliphatic heterocycles. The summed E-state index contributed by atoms with van der Waals surface area (Å²) in [5.74, 6) is -0.811. The lowest BCUT2D eigenvalue weighted by Crippen LogP contribution is -2.06. The fourth-order valence-electron chi connectivity index (χ4n) is 2.53. The summed E-state index contributed by atoms with van der Waals surface area (Å²) in [4.78, 5) is 35.3. The second-order valence-corrected chi connectivity index (χ2v) is 5.34. The molecule has 3 rings (SSSR count). The first-order chi connectivity index (χ1) is 11.5. The van der Waals surface area contributed by atoms with E-state index in [1.54, 1.807) is 42.5 Å². The quantitative estimate of drug-likeness (QED) is 0.460. The van der Waals surface area contributed by atoms with Crippen molar-refractivity contribution in [2.24, 2.45) is 0 Å². The lowest BCUT2D eigenvalue weighted by molar-refractivity contribution is -0.114. The smallest absolute Gasteiger partial charge is 0.259 e. The molecule has 120 valence electrons. The molecule has 0 radical (unpaired) electrons. The third-order valence-corrected chi connectivity index (χ3v) is 3.66. The van der Waals surface area contributed by atoms with Gasteiger partial charge >= 0.3 is 0 Å². The predicted molar refractivity (Wildman–Crippen MR) is 89.9 cm³/mol. The third-order valence-electron chi connectivity index (χ3n) is 3.66. The van der Waals surface area contributed by atoms with Gasteiger partial charge in [0.05, 0.1) is 11.8 Å². The maximum absolute atomic E-state index is 12.6. The van der Waals surface area contributed by atoms with Crippen LogP contribution in [0.5, 0.6) is 0 Å². The molecule has 24 heavy (non-hydrogen) atoms. The second kappa shape index (κ2) is 6.00. The number of carbonyl (C=O) groups excluding carboxylic acids is 3. The minimum absolute atomic E-state index is 0.126. The van der Waals surface area contributed by atoms with Crippen LogP contribution in [-0.2, 0) is 9.59 Å². The van der Waals surface area contributed by atoms with E-state index in [4.69, 9.17) is 0 Å². The molecule has 0 unspecified atom stereocenters. The molecule has 0 aromatic heterocycles. The molecule has 2 aromatic carbocycles. The minimum atomic E-state index is -0.406. The Bertz CT molecular complexity index is 882. The van der Waals surface area contributed by atoms with Crippen LogP contribution in [0.1, 0.15) is 28.4 Å². The SMILES string of the molecule is CC(=O)Nc1ccc(C(=O)c2ccc3c(c2)C(=CO)C(=O)N3)cc1. The molecular formula is C18H14N2O4. The number of nitrogens with one attached hydrogen (secondary N) is 2. The molecule has 6 heteroatoms. The highest BCUT2D eigenvalue weighted by Gasteiger charge is 2.25. The number of aliphatic hydroxyl groups excluding tert-OH is 1. The van der Waals surface area contributed by atoms with Crippen LogP contribution in [0, 0.1) is 0 Å². The topological polar surface area (TPSA) is 95.5 Å². The van der Waals surface area contributed by atoms with Crippen molar-refractivity contribution in [1.82, 2.24) is 0 Å². The molecule has 0 spiro atoms. The Balaban J connectivity index is 1.90. The molecule has 0 bridgehead atoms. The Hall–Kier alpha value is -3.41. The molecule has 2 aromatic rings. The summed E-state index contributed by atoms with van der Waals surface area (Å²) in [6, 6.07) is 11.3. The number of hydrogen-bond acceptors (Lipinski definition) is 4. The number of benzene rings is 2. The number of fused-ring (bicyclic) bond motifs is 1. The summed E-state index contributed by atoms with van der Waals surface area (Å²) >= 11 is 0. The highest BCUT2D eigenvalue weighted by Crippen LogP contribution is 2.32. The lowest BCUT2D eigenvalue weighted by atomic mass is 9.98. The van der Waals surface area contributed by atoms with E-state index < -0.39 is 5.91 Å². The van der Waals surface area contributed by atoms with Crippen LogP contribution in [-0.4, -0.2) is 22.7 Å². The minimum Gasteiger partial charge on any atom is -0.515 e. The lowest BCUT2D eigenvalue weighted by Gasteiger charge is -2.06. The van der Waals surface area contributed by atoms with Crippen LogP contribution in [0.3, 0.4) is 0 Å². The van der Waals surface area contributed by atoms with Crippen LogP contribution in [0.4, 0.5) is 11.4 Å². The fraction of sp³-hybridized carbons (Fsp3) is 0.0556. The van der Waals surface area contributed by atoms with Crippen LogP contribution in [0.25, 0.3) is 5.57 Å². The molecule has 0 aliphatic carbocycles. The summed E-state index contributed by atoms with van der Waals surface area (Å²) < 4.78 is 0. The van der Waals surface area contributed by atoms with Gasteiger partial charge in [0.2, 0.25) is 5.91 Å². The summed E-state index contributed by atoms with van der Waals surface area (Å²) in [7, 11) is 0. The average molecular weight is 322 g/mol. The number of aliphatic hydroxyl groups is 1. The number of hydrogen-bond donors (Lipinski definition) is 3. The van der Waals surface area contributed by atoms with Crippen LogP contribution < -0.4 is 10.6 Å². The number of ketones is 1. The van der Waals surface area contributed by atoms with E-state index in [9.17, 15) is 19.5 Å². The molecule has 2 amide bonds. The number of carbonyl (C=O) groups is 3. The van der Waals surface area contributed by atoms with Gasteiger partial charge < -0.3 is 15.7 Å². The van der Waals surface area contributed by atoms with Crippen LogP contribution in [0.15, 0.2) is 48.7 Å². The zero-order valence-electron chi connectivity index (χ0n) is 12.8. The van der Waals surface area contributed by atoms with Crippen molar-refractivity contribution in [3.05, 3.63) is 65.4 Å². The van der Waals surface area contributed by atoms with Crippen molar-refractivity contribution in [3.8, 4) is 0 Å². The summed E-state index contributed by atoms with van der Waals surface area (Å²) in [5.41, 5.74) is 2.63. The first-order valence-electron chi connectivity index (χ1n) is 7.22. The summed E-state index contributed by atoms with van der Waals surface area (Å²) in [5, 5.41) is 14.4. The Morgan fingerprint density at radius 1 is 1.08 bits per heavy atom. The molecule has 0 atom stereocenters. The van der Waals surface area contributed by atoms with E-state index in [1.807, 2.05) is 0 Å². The molecule has 0 saturated carbocycles. The number of rotatable bonds is 3. The Kier molecular flexibility index (Phi) is 3.87. The molecule has 0 fully saturated rings. The van der Waals surface area contributed by atoms with Crippen molar-refractivity contribution in [1.29, 1.82) is 0 Å². The van der Waals surface area contributed by atoms with E-state index in [0.717, 1.165) is 6.26 Å². The average Bonchev–Trinajstić information content (AvgIpc) is 2.88. The second-order valence-electron chi connectivity index (χ2n) is 5.34. The van der Waals surface area contributed by atoms with Gasteiger partial charge in [0.1, 0.15) is 0 Å². The first-order valence-corrected chi connectivity index (χ1v) is 7.22. The van der Waals surface area contributed by atoms with Crippen LogP contribution in [0.2, 0.25) is 0 Å². The van der Waals surface area contributed by atoms with Crippen molar-refractivity contribution in [2.45, 2.75) is 6.92 Å². The van der Waals surface area contributed by atoms with Gasteiger partial charge in [0.25, 0.3) is 5.91 Å². The maximum Gasteiger partial charge on any atom is 0.259 e. The van der Waals surface area contributed by atoms with Gasteiger partial charge in [0.15, 0.2) is 5.78 Å². The number of amides is 2. The van der Waals surface area contributed by atoms with E-state index in [1.165, 1.54) is 6.92 Å². The van der Waals surface area contributed by atoms with Gasteiger partial charge in [-0.25, -0.2) is 0 Å². The first kappa shape index (κ1) is 15.5. The van der Waals surface area contributed by atoms with Crippen molar-refractivity contribution >= 4 is 34.5 Å². The van der Waals surface area contributed by atoms with Gasteiger partial charge in [-0.2, -0.15) is 0 Å². The van der Waals surface area contributed by atoms with Gasteiger partial charge in [0, 0.05) is 35.0 Å². The molecule has 1 heterocycles. The molecule has 6 nitrogen and oxygen atoms in total. The highest BCUT2D eigenvalue weighted by atomic mass is 16.2. The summed E-state index contributed by atoms with van der Waals surface area (Å²) in [6.45, 7) is 1.41. The molecular weight excluding hydrogens is 308 g/mol. The monoisotopic (exact) mass is 322 g/mol. The molecule has 1 aliphatic rings. The predicted octanol–water partition coefficient (Wildman–Crippen LogP) is 2.73. The highest BCUT2D eigenvalue weighted by molar-refractivity contribution is 6.31. The standard InChI is InChI=1S/C18H14N2O4/c1-10(22)19-13-5-2-11(3-6-13)17(23)12-4-7-16-14(8-12)15(9-21)18(24)20-16/h2-9,21H,1H3,(H,19,22)(H,20,24). The van der Waals surface area contributed by atoms with E-state index in [2.05, 4.69) is 10.6 Å². The molecule has 0 saturated heterocycles. The summed E-state index contributed by atoms with van der Waals surface area (Å²) in [6.07, 6.45) is 0.734. The van der Waals surface area contributed by atoms with Gasteiger partial charge in [-0.3, -0.25) is 14.4 Å². The van der Waals surface area contributed by atoms with E-state index >= 15 is 0 Å². The largest absolute Gasteiger partial charge is 0.515 e. The van der Waals surface area contributed by atoms with Gasteiger partial charge in [-0.1, -0.05) is 0 Å². The Morgan fingerprint density at radius 2 is 1.75 bits per heavy atom. The zero-order chi connectivity index (χ0) is 17.3. The van der Waals surface area contributed by atoms with E-state index in [0.29, 0.717) is 28.1 Å². The van der Waals surface area contributed by atoms with E-state index in [-0.39, 0.29) is 17.3 Å². The van der Waals surface area contributed by atoms with Crippen molar-refractivity contribution in [2.75, 3.05) is 10.6 Å². The fourth-order valence-corrected chi connectivity index (χ4v) is 2.53. The third kappa shape index (κ3) is 2.77. The Labute approximate surface area is 137 Å². The van der Waals surface area contributed by atoms with Crippen LogP contribution >= 0.6 is 0 Å². The Morgan fingerprint density at radius 3 is 2.38 bits per heavy atom. The van der Waals surface area contributed by atoms with Crippen molar-refractivity contribution in [3.63, 3.8) is 0 Å².